The van der Waals surface area contributed by atoms with Crippen molar-refractivity contribution in [1.82, 2.24) is 5.32 Å². The number of amides is 1. The largest absolute Gasteiger partial charge is 0.391 e. The van der Waals surface area contributed by atoms with E-state index in [4.69, 9.17) is 0 Å². The molecule has 0 aromatic rings. The van der Waals surface area contributed by atoms with Gasteiger partial charge >= 0.3 is 0 Å². The third kappa shape index (κ3) is 31.5. The highest BCUT2D eigenvalue weighted by Crippen LogP contribution is 2.19. The topological polar surface area (TPSA) is 110 Å². The molecule has 0 fully saturated rings. The minimum absolute atomic E-state index is 0.236. The number of nitrogens with one attached hydrogen (secondary N) is 1. The summed E-state index contributed by atoms with van der Waals surface area (Å²) >= 11 is 0. The molecule has 292 valence electrons. The molecule has 0 aromatic carbocycles. The van der Waals surface area contributed by atoms with Gasteiger partial charge in [0.25, 0.3) is 0 Å². The Labute approximate surface area is 304 Å². The third-order valence-electron chi connectivity index (χ3n) is 10.2. The highest BCUT2D eigenvalue weighted by atomic mass is 16.4. The predicted molar refractivity (Wildman–Crippen MR) is 210 cm³/mol. The van der Waals surface area contributed by atoms with Crippen LogP contribution in [0.15, 0.2) is 12.2 Å². The lowest BCUT2D eigenvalue weighted by Crippen LogP contribution is -2.62. The van der Waals surface area contributed by atoms with Crippen LogP contribution in [0.25, 0.3) is 0 Å². The lowest BCUT2D eigenvalue weighted by molar-refractivity contribution is -0.172. The van der Waals surface area contributed by atoms with Gasteiger partial charge in [0.1, 0.15) is 6.10 Å². The number of allylic oxidation sites excluding steroid dienone is 2. The van der Waals surface area contributed by atoms with Gasteiger partial charge < -0.3 is 25.7 Å². The van der Waals surface area contributed by atoms with E-state index in [2.05, 4.69) is 31.3 Å². The van der Waals surface area contributed by atoms with Crippen LogP contribution in [0, 0.1) is 0 Å². The van der Waals surface area contributed by atoms with E-state index in [0.29, 0.717) is 12.8 Å². The van der Waals surface area contributed by atoms with Crippen molar-refractivity contribution < 1.29 is 25.2 Å². The molecule has 0 rings (SSSR count). The van der Waals surface area contributed by atoms with Crippen molar-refractivity contribution in [2.45, 2.75) is 250 Å². The number of rotatable bonds is 39. The van der Waals surface area contributed by atoms with Crippen molar-refractivity contribution in [3.63, 3.8) is 0 Å². The first-order chi connectivity index (χ1) is 23.9. The molecule has 0 bridgehead atoms. The molecule has 49 heavy (non-hydrogen) atoms. The Balaban J connectivity index is 3.71. The number of aliphatic hydroxyl groups excluding tert-OH is 3. The fourth-order valence-electron chi connectivity index (χ4n) is 6.78. The highest BCUT2D eigenvalue weighted by molar-refractivity contribution is 5.76. The maximum absolute atomic E-state index is 12.5. The van der Waals surface area contributed by atoms with Crippen LogP contribution in [0.5, 0.6) is 0 Å². The van der Waals surface area contributed by atoms with E-state index in [0.717, 1.165) is 32.1 Å². The first kappa shape index (κ1) is 48.0. The van der Waals surface area contributed by atoms with E-state index in [1.807, 2.05) is 0 Å². The fourth-order valence-corrected chi connectivity index (χ4v) is 6.78. The number of hydrogen-bond acceptors (Lipinski definition) is 5. The number of carbonyl (C=O) groups excluding carboxylic acids is 1. The summed E-state index contributed by atoms with van der Waals surface area (Å²) in [6.45, 7) is 3.64. The molecular weight excluding hydrogens is 610 g/mol. The van der Waals surface area contributed by atoms with Crippen LogP contribution in [-0.2, 0) is 4.79 Å². The third-order valence-corrected chi connectivity index (χ3v) is 10.2. The van der Waals surface area contributed by atoms with Crippen molar-refractivity contribution >= 4 is 5.91 Å². The summed E-state index contributed by atoms with van der Waals surface area (Å²) in [5.41, 5.74) is -2.23. The molecule has 0 spiro atoms. The Morgan fingerprint density at radius 2 is 0.898 bits per heavy atom. The van der Waals surface area contributed by atoms with Gasteiger partial charge in [-0.25, -0.2) is 0 Å². The second-order valence-electron chi connectivity index (χ2n) is 15.1. The summed E-state index contributed by atoms with van der Waals surface area (Å²) in [7, 11) is 0. The van der Waals surface area contributed by atoms with Gasteiger partial charge in [0, 0.05) is 6.42 Å². The quantitative estimate of drug-likeness (QED) is 0.0250. The molecule has 0 aliphatic carbocycles. The van der Waals surface area contributed by atoms with Crippen molar-refractivity contribution in [2.75, 3.05) is 6.61 Å². The van der Waals surface area contributed by atoms with Crippen LogP contribution >= 0.6 is 0 Å². The minimum atomic E-state index is -2.23. The number of aliphatic hydroxyl groups is 4. The molecule has 6 nitrogen and oxygen atoms in total. The van der Waals surface area contributed by atoms with Gasteiger partial charge in [-0.1, -0.05) is 206 Å². The monoisotopic (exact) mass is 696 g/mol. The summed E-state index contributed by atoms with van der Waals surface area (Å²) in [6.07, 6.45) is 42.2. The first-order valence-corrected chi connectivity index (χ1v) is 21.6. The SMILES string of the molecule is CCC/C=C/CCCCCCCCCCC[C@@H](O)[C@H](O)[C@@](O)(CO)NC(=O)CCCCCCCCCCCCCCCCCCCCCC. The zero-order chi connectivity index (χ0) is 36.1. The van der Waals surface area contributed by atoms with Crippen molar-refractivity contribution in [3.05, 3.63) is 12.2 Å². The molecule has 5 N–H and O–H groups in total. The van der Waals surface area contributed by atoms with Crippen LogP contribution in [0.3, 0.4) is 0 Å². The second-order valence-corrected chi connectivity index (χ2v) is 15.1. The van der Waals surface area contributed by atoms with E-state index in [1.165, 1.54) is 167 Å². The summed E-state index contributed by atoms with van der Waals surface area (Å²) in [5, 5.41) is 43.9. The van der Waals surface area contributed by atoms with E-state index < -0.39 is 30.4 Å². The molecule has 0 radical (unpaired) electrons. The Morgan fingerprint density at radius 1 is 0.531 bits per heavy atom. The lowest BCUT2D eigenvalue weighted by Gasteiger charge is -2.34. The Kier molecular flexibility index (Phi) is 36.1. The summed E-state index contributed by atoms with van der Waals surface area (Å²) in [6, 6.07) is 0. The summed E-state index contributed by atoms with van der Waals surface area (Å²) < 4.78 is 0. The molecule has 0 aromatic heterocycles. The molecular formula is C43H85NO5. The van der Waals surface area contributed by atoms with Crippen molar-refractivity contribution in [3.8, 4) is 0 Å². The first-order valence-electron chi connectivity index (χ1n) is 21.6. The molecule has 0 saturated carbocycles. The molecule has 0 saturated heterocycles. The summed E-state index contributed by atoms with van der Waals surface area (Å²) in [5.74, 6) is -0.404. The van der Waals surface area contributed by atoms with Crippen molar-refractivity contribution in [2.24, 2.45) is 0 Å². The predicted octanol–water partition coefficient (Wildman–Crippen LogP) is 11.4. The Hall–Kier alpha value is -0.950. The Morgan fingerprint density at radius 3 is 1.31 bits per heavy atom. The molecule has 0 heterocycles. The molecule has 6 heteroatoms. The maximum Gasteiger partial charge on any atom is 0.222 e. The van der Waals surface area contributed by atoms with Gasteiger partial charge in [0.15, 0.2) is 5.72 Å². The average Bonchev–Trinajstić information content (AvgIpc) is 3.10. The number of carbonyl (C=O) groups is 1. The van der Waals surface area contributed by atoms with E-state index in [1.54, 1.807) is 0 Å². The smallest absolute Gasteiger partial charge is 0.222 e. The standard InChI is InChI=1S/C43H85NO5/c1-3-5-7-9-11-13-15-17-19-20-21-22-23-24-26-28-30-32-34-36-38-41(47)44-43(49,39-45)42(48)40(46)37-35-33-31-29-27-25-18-16-14-12-10-8-6-4-2/h8,10,40,42,45-46,48-49H,3-7,9,11-39H2,1-2H3,(H,44,47)/b10-8+/t40-,42+,43+/m1/s1. The zero-order valence-electron chi connectivity index (χ0n) is 32.8. The van der Waals surface area contributed by atoms with Crippen molar-refractivity contribution in [1.29, 1.82) is 0 Å². The average molecular weight is 696 g/mol. The van der Waals surface area contributed by atoms with Crippen LogP contribution in [0.4, 0.5) is 0 Å². The molecule has 0 aliphatic heterocycles. The summed E-state index contributed by atoms with van der Waals surface area (Å²) in [4.78, 5) is 12.5. The Bertz CT molecular complexity index is 716. The van der Waals surface area contributed by atoms with Gasteiger partial charge in [0.2, 0.25) is 5.91 Å². The van der Waals surface area contributed by atoms with E-state index >= 15 is 0 Å². The van der Waals surface area contributed by atoms with Crippen LogP contribution < -0.4 is 5.32 Å². The van der Waals surface area contributed by atoms with Gasteiger partial charge in [-0.3, -0.25) is 4.79 Å². The number of hydrogen-bond donors (Lipinski definition) is 5. The van der Waals surface area contributed by atoms with Gasteiger partial charge in [-0.15, -0.1) is 0 Å². The van der Waals surface area contributed by atoms with E-state index in [-0.39, 0.29) is 6.42 Å². The zero-order valence-corrected chi connectivity index (χ0v) is 32.8. The molecule has 0 unspecified atom stereocenters. The maximum atomic E-state index is 12.5. The van der Waals surface area contributed by atoms with Gasteiger partial charge in [0.05, 0.1) is 12.7 Å². The lowest BCUT2D eigenvalue weighted by atomic mass is 9.96. The van der Waals surface area contributed by atoms with E-state index in [9.17, 15) is 25.2 Å². The van der Waals surface area contributed by atoms with Gasteiger partial charge in [-0.2, -0.15) is 0 Å². The van der Waals surface area contributed by atoms with Crippen LogP contribution in [0.2, 0.25) is 0 Å². The molecule has 1 amide bonds. The fraction of sp³-hybridized carbons (Fsp3) is 0.930. The molecule has 3 atom stereocenters. The second kappa shape index (κ2) is 36.8. The van der Waals surface area contributed by atoms with Crippen LogP contribution in [-0.4, -0.2) is 50.9 Å². The normalized spacial score (nSPS) is 14.3. The van der Waals surface area contributed by atoms with Crippen LogP contribution in [0.1, 0.15) is 232 Å². The van der Waals surface area contributed by atoms with Gasteiger partial charge in [-0.05, 0) is 32.1 Å². The highest BCUT2D eigenvalue weighted by Gasteiger charge is 2.40. The number of unbranched alkanes of at least 4 members (excludes halogenated alkanes) is 29. The molecule has 0 aliphatic rings. The minimum Gasteiger partial charge on any atom is -0.391 e.